The lowest BCUT2D eigenvalue weighted by Crippen LogP contribution is -2.18. The molecular weight excluding hydrogens is 380 g/mol. The third kappa shape index (κ3) is 3.63. The van der Waals surface area contributed by atoms with Crippen LogP contribution >= 0.6 is 11.6 Å². The van der Waals surface area contributed by atoms with Gasteiger partial charge in [-0.3, -0.25) is 9.59 Å². The van der Waals surface area contributed by atoms with Gasteiger partial charge in [-0.1, -0.05) is 29.8 Å². The molecule has 0 bridgehead atoms. The molecule has 0 radical (unpaired) electrons. The SMILES string of the molecule is O=C(Nc1ccc(Cl)cc1)c1ccccc1NC(=O)c1cccc2c1OCO2. The van der Waals surface area contributed by atoms with Crippen molar-refractivity contribution >= 4 is 34.8 Å². The summed E-state index contributed by atoms with van der Waals surface area (Å²) >= 11 is 5.87. The van der Waals surface area contributed by atoms with Crippen molar-refractivity contribution in [3.8, 4) is 11.5 Å². The molecular formula is C21H15ClN2O4. The van der Waals surface area contributed by atoms with Crippen LogP contribution in [0.15, 0.2) is 66.7 Å². The van der Waals surface area contributed by atoms with Crippen LogP contribution in [0.3, 0.4) is 0 Å². The summed E-state index contributed by atoms with van der Waals surface area (Å²) < 4.78 is 10.7. The van der Waals surface area contributed by atoms with Crippen molar-refractivity contribution in [2.45, 2.75) is 0 Å². The molecule has 0 fully saturated rings. The number of anilines is 2. The largest absolute Gasteiger partial charge is 0.454 e. The molecule has 1 heterocycles. The van der Waals surface area contributed by atoms with Crippen molar-refractivity contribution in [3.63, 3.8) is 0 Å². The second-order valence-corrected chi connectivity index (χ2v) is 6.44. The molecule has 3 aromatic rings. The van der Waals surface area contributed by atoms with Crippen LogP contribution in [-0.2, 0) is 0 Å². The molecule has 6 nitrogen and oxygen atoms in total. The van der Waals surface area contributed by atoms with Gasteiger partial charge in [0.25, 0.3) is 11.8 Å². The van der Waals surface area contributed by atoms with Crippen molar-refractivity contribution in [1.82, 2.24) is 0 Å². The molecule has 0 aliphatic carbocycles. The van der Waals surface area contributed by atoms with Crippen LogP contribution in [0.4, 0.5) is 11.4 Å². The maximum atomic E-state index is 12.8. The molecule has 1 aliphatic heterocycles. The molecule has 7 heteroatoms. The number of ether oxygens (including phenoxy) is 2. The summed E-state index contributed by atoms with van der Waals surface area (Å²) in [5, 5.41) is 6.14. The fourth-order valence-electron chi connectivity index (χ4n) is 2.82. The number of hydrogen-bond donors (Lipinski definition) is 2. The Bertz CT molecular complexity index is 1050. The Morgan fingerprint density at radius 2 is 1.50 bits per heavy atom. The lowest BCUT2D eigenvalue weighted by Gasteiger charge is -2.12. The van der Waals surface area contributed by atoms with Crippen molar-refractivity contribution in [1.29, 1.82) is 0 Å². The Morgan fingerprint density at radius 1 is 0.786 bits per heavy atom. The molecule has 0 spiro atoms. The number of halogens is 1. The molecule has 28 heavy (non-hydrogen) atoms. The summed E-state index contributed by atoms with van der Waals surface area (Å²) in [7, 11) is 0. The molecule has 0 aromatic heterocycles. The van der Waals surface area contributed by atoms with Crippen molar-refractivity contribution in [2.75, 3.05) is 17.4 Å². The number of amides is 2. The number of carbonyl (C=O) groups is 2. The van der Waals surface area contributed by atoms with Gasteiger partial charge in [0.05, 0.1) is 16.8 Å². The minimum atomic E-state index is -0.394. The lowest BCUT2D eigenvalue weighted by atomic mass is 10.1. The van der Waals surface area contributed by atoms with E-state index in [0.29, 0.717) is 39.0 Å². The fraction of sp³-hybridized carbons (Fsp3) is 0.0476. The maximum absolute atomic E-state index is 12.8. The van der Waals surface area contributed by atoms with E-state index in [-0.39, 0.29) is 12.7 Å². The predicted molar refractivity (Wildman–Crippen MR) is 106 cm³/mol. The number of carbonyl (C=O) groups excluding carboxylic acids is 2. The Morgan fingerprint density at radius 3 is 2.32 bits per heavy atom. The average Bonchev–Trinajstić information content (AvgIpc) is 3.19. The van der Waals surface area contributed by atoms with Crippen LogP contribution in [0.25, 0.3) is 0 Å². The summed E-state index contributed by atoms with van der Waals surface area (Å²) in [5.74, 6) is 0.162. The molecule has 0 saturated carbocycles. The van der Waals surface area contributed by atoms with E-state index in [9.17, 15) is 9.59 Å². The summed E-state index contributed by atoms with van der Waals surface area (Å²) in [4.78, 5) is 25.4. The van der Waals surface area contributed by atoms with E-state index in [2.05, 4.69) is 10.6 Å². The van der Waals surface area contributed by atoms with Gasteiger partial charge in [-0.05, 0) is 48.5 Å². The Labute approximate surface area is 166 Å². The second kappa shape index (κ2) is 7.62. The first kappa shape index (κ1) is 17.9. The fourth-order valence-corrected chi connectivity index (χ4v) is 2.95. The van der Waals surface area contributed by atoms with Gasteiger partial charge < -0.3 is 20.1 Å². The van der Waals surface area contributed by atoms with E-state index in [1.807, 2.05) is 0 Å². The topological polar surface area (TPSA) is 76.7 Å². The van der Waals surface area contributed by atoms with E-state index >= 15 is 0 Å². The van der Waals surface area contributed by atoms with E-state index in [4.69, 9.17) is 21.1 Å². The van der Waals surface area contributed by atoms with Crippen LogP contribution < -0.4 is 20.1 Å². The van der Waals surface area contributed by atoms with Crippen LogP contribution in [0.1, 0.15) is 20.7 Å². The highest BCUT2D eigenvalue weighted by atomic mass is 35.5. The second-order valence-electron chi connectivity index (χ2n) is 6.00. The van der Waals surface area contributed by atoms with Crippen molar-refractivity contribution in [3.05, 3.63) is 82.9 Å². The highest BCUT2D eigenvalue weighted by Crippen LogP contribution is 2.35. The molecule has 1 aliphatic rings. The molecule has 0 atom stereocenters. The van der Waals surface area contributed by atoms with Gasteiger partial charge in [0.2, 0.25) is 6.79 Å². The molecule has 3 aromatic carbocycles. The van der Waals surface area contributed by atoms with Crippen molar-refractivity contribution < 1.29 is 19.1 Å². The summed E-state index contributed by atoms with van der Waals surface area (Å²) in [5.41, 5.74) is 1.65. The molecule has 2 N–H and O–H groups in total. The van der Waals surface area contributed by atoms with Crippen LogP contribution in [0, 0.1) is 0 Å². The quantitative estimate of drug-likeness (QED) is 0.679. The number of rotatable bonds is 4. The summed E-state index contributed by atoms with van der Waals surface area (Å²) in [6.45, 7) is 0.0692. The monoisotopic (exact) mass is 394 g/mol. The summed E-state index contributed by atoms with van der Waals surface area (Å²) in [6, 6.07) is 18.6. The number of hydrogen-bond acceptors (Lipinski definition) is 4. The minimum absolute atomic E-state index is 0.0692. The van der Waals surface area contributed by atoms with E-state index in [1.165, 1.54) is 0 Å². The Hall–Kier alpha value is -3.51. The zero-order valence-electron chi connectivity index (χ0n) is 14.6. The third-order valence-electron chi connectivity index (χ3n) is 4.16. The number of nitrogens with one attached hydrogen (secondary N) is 2. The van der Waals surface area contributed by atoms with E-state index < -0.39 is 5.91 Å². The smallest absolute Gasteiger partial charge is 0.259 e. The lowest BCUT2D eigenvalue weighted by molar-refractivity contribution is 0.102. The molecule has 140 valence electrons. The first-order valence-corrected chi connectivity index (χ1v) is 8.85. The van der Waals surface area contributed by atoms with Gasteiger partial charge >= 0.3 is 0 Å². The Balaban J connectivity index is 1.56. The van der Waals surface area contributed by atoms with E-state index in [1.54, 1.807) is 66.7 Å². The predicted octanol–water partition coefficient (Wildman–Crippen LogP) is 4.57. The Kier molecular flexibility index (Phi) is 4.87. The number of para-hydroxylation sites is 2. The van der Waals surface area contributed by atoms with Gasteiger partial charge in [-0.15, -0.1) is 0 Å². The molecule has 4 rings (SSSR count). The highest BCUT2D eigenvalue weighted by molar-refractivity contribution is 6.30. The van der Waals surface area contributed by atoms with Gasteiger partial charge in [-0.2, -0.15) is 0 Å². The van der Waals surface area contributed by atoms with E-state index in [0.717, 1.165) is 0 Å². The number of benzene rings is 3. The zero-order chi connectivity index (χ0) is 19.5. The highest BCUT2D eigenvalue weighted by Gasteiger charge is 2.23. The van der Waals surface area contributed by atoms with Crippen molar-refractivity contribution in [2.24, 2.45) is 0 Å². The molecule has 2 amide bonds. The normalized spacial score (nSPS) is 11.8. The molecule has 0 saturated heterocycles. The van der Waals surface area contributed by atoms with Crippen LogP contribution in [0.5, 0.6) is 11.5 Å². The number of fused-ring (bicyclic) bond motifs is 1. The van der Waals surface area contributed by atoms with Crippen LogP contribution in [0.2, 0.25) is 5.02 Å². The minimum Gasteiger partial charge on any atom is -0.454 e. The van der Waals surface area contributed by atoms with Gasteiger partial charge in [0.1, 0.15) is 0 Å². The maximum Gasteiger partial charge on any atom is 0.259 e. The summed E-state index contributed by atoms with van der Waals surface area (Å²) in [6.07, 6.45) is 0. The standard InChI is InChI=1S/C21H15ClN2O4/c22-13-8-10-14(11-9-13)23-20(25)15-4-1-2-6-17(15)24-21(26)16-5-3-7-18-19(16)28-12-27-18/h1-11H,12H2,(H,23,25)(H,24,26). The first-order valence-electron chi connectivity index (χ1n) is 8.48. The first-order chi connectivity index (χ1) is 13.6. The molecule has 0 unspecified atom stereocenters. The van der Waals surface area contributed by atoms with Gasteiger partial charge in [0.15, 0.2) is 11.5 Å². The van der Waals surface area contributed by atoms with Gasteiger partial charge in [0, 0.05) is 10.7 Å². The van der Waals surface area contributed by atoms with Crippen LogP contribution in [-0.4, -0.2) is 18.6 Å². The average molecular weight is 395 g/mol. The zero-order valence-corrected chi connectivity index (χ0v) is 15.3. The third-order valence-corrected chi connectivity index (χ3v) is 4.42. The van der Waals surface area contributed by atoms with Gasteiger partial charge in [-0.25, -0.2) is 0 Å².